The van der Waals surface area contributed by atoms with Gasteiger partial charge in [-0.15, -0.1) is 0 Å². The molecule has 0 bridgehead atoms. The molecule has 0 atom stereocenters. The molecule has 0 aliphatic carbocycles. The van der Waals surface area contributed by atoms with Gasteiger partial charge in [-0.25, -0.2) is 4.39 Å². The lowest BCUT2D eigenvalue weighted by Crippen LogP contribution is -2.12. The average molecular weight is 334 g/mol. The van der Waals surface area contributed by atoms with Gasteiger partial charge in [0.1, 0.15) is 5.82 Å². The summed E-state index contributed by atoms with van der Waals surface area (Å²) in [6.07, 6.45) is 0. The smallest absolute Gasteiger partial charge is 0.255 e. The third-order valence-electron chi connectivity index (χ3n) is 2.52. The standard InChI is InChI=1S/C13H8Cl3FN2O/c14-8-2-1-7(5-11(8)17)19-13(20)6-3-9(15)12(18)10(16)4-6/h1-5H,18H2,(H,19,20). The van der Waals surface area contributed by atoms with Crippen LogP contribution in [0.1, 0.15) is 10.4 Å². The lowest BCUT2D eigenvalue weighted by molar-refractivity contribution is 0.102. The summed E-state index contributed by atoms with van der Waals surface area (Å²) < 4.78 is 13.3. The van der Waals surface area contributed by atoms with Crippen LogP contribution >= 0.6 is 34.8 Å². The zero-order valence-electron chi connectivity index (χ0n) is 9.88. The van der Waals surface area contributed by atoms with Crippen molar-refractivity contribution in [3.63, 3.8) is 0 Å². The number of benzene rings is 2. The minimum atomic E-state index is -0.627. The number of nitrogens with two attached hydrogens (primary N) is 1. The molecule has 0 heterocycles. The first kappa shape index (κ1) is 14.9. The Kier molecular flexibility index (Phi) is 4.38. The van der Waals surface area contributed by atoms with Crippen molar-refractivity contribution in [2.75, 3.05) is 11.1 Å². The van der Waals surface area contributed by atoms with Crippen molar-refractivity contribution in [1.82, 2.24) is 0 Å². The van der Waals surface area contributed by atoms with Gasteiger partial charge < -0.3 is 11.1 Å². The second kappa shape index (κ2) is 5.87. The Bertz CT molecular complexity index is 668. The molecule has 0 saturated carbocycles. The van der Waals surface area contributed by atoms with E-state index >= 15 is 0 Å². The molecule has 0 aliphatic rings. The van der Waals surface area contributed by atoms with E-state index in [1.165, 1.54) is 24.3 Å². The van der Waals surface area contributed by atoms with E-state index in [1.54, 1.807) is 0 Å². The summed E-state index contributed by atoms with van der Waals surface area (Å²) in [4.78, 5) is 12.0. The van der Waals surface area contributed by atoms with E-state index in [4.69, 9.17) is 40.5 Å². The van der Waals surface area contributed by atoms with Crippen molar-refractivity contribution in [3.8, 4) is 0 Å². The fourth-order valence-corrected chi connectivity index (χ4v) is 2.10. The molecular formula is C13H8Cl3FN2O. The van der Waals surface area contributed by atoms with Crippen molar-refractivity contribution in [2.45, 2.75) is 0 Å². The fraction of sp³-hybridized carbons (Fsp3) is 0. The van der Waals surface area contributed by atoms with Gasteiger partial charge in [0.15, 0.2) is 0 Å². The van der Waals surface area contributed by atoms with Crippen LogP contribution in [0.25, 0.3) is 0 Å². The predicted molar refractivity (Wildman–Crippen MR) is 80.2 cm³/mol. The van der Waals surface area contributed by atoms with E-state index in [2.05, 4.69) is 5.32 Å². The lowest BCUT2D eigenvalue weighted by atomic mass is 10.2. The van der Waals surface area contributed by atoms with Crippen molar-refractivity contribution in [2.24, 2.45) is 0 Å². The summed E-state index contributed by atoms with van der Waals surface area (Å²) in [5.41, 5.74) is 6.25. The number of nitrogens with one attached hydrogen (secondary N) is 1. The number of hydrogen-bond donors (Lipinski definition) is 2. The van der Waals surface area contributed by atoms with Crippen LogP contribution in [-0.4, -0.2) is 5.91 Å². The maximum Gasteiger partial charge on any atom is 0.255 e. The molecule has 1 amide bonds. The molecule has 0 fully saturated rings. The van der Waals surface area contributed by atoms with E-state index < -0.39 is 11.7 Å². The summed E-state index contributed by atoms with van der Waals surface area (Å²) in [6.45, 7) is 0. The van der Waals surface area contributed by atoms with Crippen LogP contribution in [0.3, 0.4) is 0 Å². The molecule has 20 heavy (non-hydrogen) atoms. The number of rotatable bonds is 2. The molecule has 0 unspecified atom stereocenters. The number of carbonyl (C=O) groups excluding carboxylic acids is 1. The average Bonchev–Trinajstić information content (AvgIpc) is 2.39. The van der Waals surface area contributed by atoms with Gasteiger partial charge in [0.25, 0.3) is 5.91 Å². The first-order valence-corrected chi connectivity index (χ1v) is 6.53. The van der Waals surface area contributed by atoms with Crippen LogP contribution < -0.4 is 11.1 Å². The summed E-state index contributed by atoms with van der Waals surface area (Å²) >= 11 is 17.2. The molecule has 3 nitrogen and oxygen atoms in total. The zero-order chi connectivity index (χ0) is 14.9. The number of hydrogen-bond acceptors (Lipinski definition) is 2. The van der Waals surface area contributed by atoms with E-state index in [0.29, 0.717) is 0 Å². The van der Waals surface area contributed by atoms with Crippen molar-refractivity contribution < 1.29 is 9.18 Å². The zero-order valence-corrected chi connectivity index (χ0v) is 12.2. The van der Waals surface area contributed by atoms with Gasteiger partial charge in [-0.05, 0) is 30.3 Å². The predicted octanol–water partition coefficient (Wildman–Crippen LogP) is 4.62. The van der Waals surface area contributed by atoms with Gasteiger partial charge >= 0.3 is 0 Å². The Morgan fingerprint density at radius 2 is 1.65 bits per heavy atom. The molecule has 2 aromatic rings. The highest BCUT2D eigenvalue weighted by Crippen LogP contribution is 2.29. The Hall–Kier alpha value is -1.49. The fourth-order valence-electron chi connectivity index (χ4n) is 1.49. The molecule has 7 heteroatoms. The largest absolute Gasteiger partial charge is 0.396 e. The van der Waals surface area contributed by atoms with Gasteiger partial charge in [-0.2, -0.15) is 0 Å². The molecule has 104 valence electrons. The van der Waals surface area contributed by atoms with Gasteiger partial charge in [-0.1, -0.05) is 34.8 Å². The minimum Gasteiger partial charge on any atom is -0.396 e. The second-order valence-corrected chi connectivity index (χ2v) is 5.16. The third-order valence-corrected chi connectivity index (χ3v) is 3.45. The molecule has 2 rings (SSSR count). The number of nitrogen functional groups attached to an aromatic ring is 1. The van der Waals surface area contributed by atoms with E-state index in [-0.39, 0.29) is 32.0 Å². The monoisotopic (exact) mass is 332 g/mol. The molecule has 0 radical (unpaired) electrons. The van der Waals surface area contributed by atoms with Gasteiger partial charge in [0.05, 0.1) is 20.8 Å². The molecule has 0 saturated heterocycles. The van der Waals surface area contributed by atoms with Crippen molar-refractivity contribution >= 4 is 52.1 Å². The van der Waals surface area contributed by atoms with Crippen molar-refractivity contribution in [3.05, 3.63) is 56.8 Å². The maximum atomic E-state index is 13.3. The summed E-state index contributed by atoms with van der Waals surface area (Å²) in [6, 6.07) is 6.69. The number of amides is 1. The first-order valence-electron chi connectivity index (χ1n) is 5.39. The molecule has 0 aliphatic heterocycles. The normalized spacial score (nSPS) is 10.4. The Morgan fingerprint density at radius 1 is 1.05 bits per heavy atom. The van der Waals surface area contributed by atoms with E-state index in [1.807, 2.05) is 0 Å². The van der Waals surface area contributed by atoms with Gasteiger partial charge in [-0.3, -0.25) is 4.79 Å². The quantitative estimate of drug-likeness (QED) is 0.788. The maximum absolute atomic E-state index is 13.3. The lowest BCUT2D eigenvalue weighted by Gasteiger charge is -2.08. The van der Waals surface area contributed by atoms with Crippen LogP contribution in [0, 0.1) is 5.82 Å². The Labute approximate surface area is 129 Å². The van der Waals surface area contributed by atoms with Gasteiger partial charge in [0.2, 0.25) is 0 Å². The van der Waals surface area contributed by atoms with Crippen LogP contribution in [-0.2, 0) is 0 Å². The SMILES string of the molecule is Nc1c(Cl)cc(C(=O)Nc2ccc(Cl)c(F)c2)cc1Cl. The van der Waals surface area contributed by atoms with Crippen LogP contribution in [0.15, 0.2) is 30.3 Å². The minimum absolute atomic E-state index is 0.0263. The molecule has 0 spiro atoms. The highest BCUT2D eigenvalue weighted by molar-refractivity contribution is 6.39. The molecule has 0 aromatic heterocycles. The summed E-state index contributed by atoms with van der Waals surface area (Å²) in [5.74, 6) is -1.12. The molecular weight excluding hydrogens is 326 g/mol. The Morgan fingerprint density at radius 3 is 2.20 bits per heavy atom. The Balaban J connectivity index is 2.26. The van der Waals surface area contributed by atoms with Crippen LogP contribution in [0.2, 0.25) is 15.1 Å². The molecule has 2 aromatic carbocycles. The van der Waals surface area contributed by atoms with Crippen LogP contribution in [0.4, 0.5) is 15.8 Å². The highest BCUT2D eigenvalue weighted by Gasteiger charge is 2.12. The van der Waals surface area contributed by atoms with Gasteiger partial charge in [0, 0.05) is 11.3 Å². The summed E-state index contributed by atoms with van der Waals surface area (Å²) in [5, 5.41) is 2.82. The first-order chi connectivity index (χ1) is 9.38. The number of halogens is 4. The topological polar surface area (TPSA) is 55.1 Å². The van der Waals surface area contributed by atoms with E-state index in [9.17, 15) is 9.18 Å². The van der Waals surface area contributed by atoms with E-state index in [0.717, 1.165) is 6.07 Å². The van der Waals surface area contributed by atoms with Crippen molar-refractivity contribution in [1.29, 1.82) is 0 Å². The third kappa shape index (κ3) is 3.15. The number of anilines is 2. The highest BCUT2D eigenvalue weighted by atomic mass is 35.5. The summed E-state index contributed by atoms with van der Waals surface area (Å²) in [7, 11) is 0. The second-order valence-electron chi connectivity index (χ2n) is 3.94. The number of carbonyl (C=O) groups is 1. The molecule has 3 N–H and O–H groups in total. The van der Waals surface area contributed by atoms with Crippen LogP contribution in [0.5, 0.6) is 0 Å².